The second-order valence-corrected chi connectivity index (χ2v) is 2.84. The molecule has 0 aromatic heterocycles. The molecule has 0 unspecified atom stereocenters. The van der Waals surface area contributed by atoms with Crippen LogP contribution in [0.4, 0.5) is 0 Å². The molecule has 0 bridgehead atoms. The summed E-state index contributed by atoms with van der Waals surface area (Å²) in [6.07, 6.45) is 1.68. The second-order valence-electron chi connectivity index (χ2n) is 2.84. The van der Waals surface area contributed by atoms with Gasteiger partial charge in [-0.25, -0.2) is 4.79 Å². The molecule has 12 heavy (non-hydrogen) atoms. The molecule has 0 radical (unpaired) electrons. The van der Waals surface area contributed by atoms with Gasteiger partial charge in [-0.05, 0) is 0 Å². The molecule has 0 saturated heterocycles. The van der Waals surface area contributed by atoms with E-state index in [2.05, 4.69) is 0 Å². The number of fused-ring (bicyclic) bond motifs is 1. The van der Waals surface area contributed by atoms with E-state index < -0.39 is 24.3 Å². The fourth-order valence-electron chi connectivity index (χ4n) is 1.36. The first-order chi connectivity index (χ1) is 5.68. The molecule has 0 saturated carbocycles. The molecule has 0 amide bonds. The van der Waals surface area contributed by atoms with Crippen molar-refractivity contribution >= 4 is 5.97 Å². The van der Waals surface area contributed by atoms with Crippen molar-refractivity contribution < 1.29 is 19.7 Å². The lowest BCUT2D eigenvalue weighted by atomic mass is 9.95. The van der Waals surface area contributed by atoms with E-state index in [-0.39, 0.29) is 0 Å². The van der Waals surface area contributed by atoms with Crippen LogP contribution >= 0.6 is 0 Å². The lowest BCUT2D eigenvalue weighted by Crippen LogP contribution is -2.39. The van der Waals surface area contributed by atoms with E-state index in [0.717, 1.165) is 0 Å². The molecule has 0 aromatic rings. The lowest BCUT2D eigenvalue weighted by Gasteiger charge is -2.25. The van der Waals surface area contributed by atoms with Crippen molar-refractivity contribution in [2.24, 2.45) is 0 Å². The van der Waals surface area contributed by atoms with Crippen LogP contribution in [0, 0.1) is 0 Å². The Morgan fingerprint density at radius 3 is 2.92 bits per heavy atom. The Kier molecular flexibility index (Phi) is 1.52. The normalized spacial score (nSPS) is 39.0. The van der Waals surface area contributed by atoms with Gasteiger partial charge in [-0.1, -0.05) is 12.2 Å². The SMILES string of the molecule is O=C1C=C2C=C[C@H](O)[C@@H](O)[C@H]2O1. The number of ether oxygens (including phenoxy) is 1. The predicted octanol–water partition coefficient (Wildman–Crippen LogP) is -0.870. The van der Waals surface area contributed by atoms with Gasteiger partial charge in [0.15, 0.2) is 6.10 Å². The highest BCUT2D eigenvalue weighted by Gasteiger charge is 2.37. The van der Waals surface area contributed by atoms with Crippen LogP contribution < -0.4 is 0 Å². The van der Waals surface area contributed by atoms with Gasteiger partial charge in [-0.2, -0.15) is 0 Å². The maximum atomic E-state index is 10.7. The van der Waals surface area contributed by atoms with Crippen LogP contribution in [-0.2, 0) is 9.53 Å². The first-order valence-corrected chi connectivity index (χ1v) is 3.65. The summed E-state index contributed by atoms with van der Waals surface area (Å²) in [5.41, 5.74) is 0.623. The van der Waals surface area contributed by atoms with E-state index in [1.165, 1.54) is 12.2 Å². The summed E-state index contributed by atoms with van der Waals surface area (Å²) in [5.74, 6) is -0.465. The first-order valence-electron chi connectivity index (χ1n) is 3.65. The molecule has 1 aliphatic carbocycles. The number of carbonyl (C=O) groups is 1. The Bertz CT molecular complexity index is 279. The van der Waals surface area contributed by atoms with Crippen molar-refractivity contribution in [2.45, 2.75) is 18.3 Å². The molecule has 0 spiro atoms. The Hall–Kier alpha value is -1.13. The summed E-state index contributed by atoms with van der Waals surface area (Å²) >= 11 is 0. The van der Waals surface area contributed by atoms with Gasteiger partial charge < -0.3 is 14.9 Å². The summed E-state index contributed by atoms with van der Waals surface area (Å²) < 4.78 is 4.76. The summed E-state index contributed by atoms with van der Waals surface area (Å²) in [6, 6.07) is 0. The van der Waals surface area contributed by atoms with Crippen molar-refractivity contribution in [3.8, 4) is 0 Å². The number of hydrogen-bond acceptors (Lipinski definition) is 4. The average Bonchev–Trinajstić information content (AvgIpc) is 2.39. The van der Waals surface area contributed by atoms with Gasteiger partial charge in [-0.15, -0.1) is 0 Å². The topological polar surface area (TPSA) is 66.8 Å². The third-order valence-electron chi connectivity index (χ3n) is 2.00. The molecule has 64 valence electrons. The summed E-state index contributed by atoms with van der Waals surface area (Å²) in [5, 5.41) is 18.5. The highest BCUT2D eigenvalue weighted by atomic mass is 16.6. The van der Waals surface area contributed by atoms with Crippen molar-refractivity contribution in [3.63, 3.8) is 0 Å². The number of hydrogen-bond donors (Lipinski definition) is 2. The van der Waals surface area contributed by atoms with Gasteiger partial charge in [-0.3, -0.25) is 0 Å². The van der Waals surface area contributed by atoms with Crippen LogP contribution in [0.2, 0.25) is 0 Å². The Morgan fingerprint density at radius 1 is 1.42 bits per heavy atom. The van der Waals surface area contributed by atoms with Crippen LogP contribution in [0.5, 0.6) is 0 Å². The maximum Gasteiger partial charge on any atom is 0.331 e. The summed E-state index contributed by atoms with van der Waals surface area (Å²) in [4.78, 5) is 10.7. The lowest BCUT2D eigenvalue weighted by molar-refractivity contribution is -0.145. The van der Waals surface area contributed by atoms with Gasteiger partial charge in [0.2, 0.25) is 0 Å². The molecule has 2 rings (SSSR count). The number of rotatable bonds is 0. The van der Waals surface area contributed by atoms with E-state index in [4.69, 9.17) is 9.84 Å². The van der Waals surface area contributed by atoms with E-state index in [9.17, 15) is 9.90 Å². The standard InChI is InChI=1S/C8H8O4/c9-5-2-1-4-3-6(10)12-8(4)7(5)11/h1-3,5,7-9,11H/t5-,7+,8-/m0/s1. The second kappa shape index (κ2) is 2.43. The number of aliphatic hydroxyl groups excluding tert-OH is 2. The Morgan fingerprint density at radius 2 is 2.17 bits per heavy atom. The highest BCUT2D eigenvalue weighted by molar-refractivity contribution is 5.87. The van der Waals surface area contributed by atoms with Crippen molar-refractivity contribution in [2.75, 3.05) is 0 Å². The minimum Gasteiger partial charge on any atom is -0.451 e. The maximum absolute atomic E-state index is 10.7. The molecule has 0 aromatic carbocycles. The van der Waals surface area contributed by atoms with E-state index >= 15 is 0 Å². The highest BCUT2D eigenvalue weighted by Crippen LogP contribution is 2.26. The fraction of sp³-hybridized carbons (Fsp3) is 0.375. The van der Waals surface area contributed by atoms with Crippen molar-refractivity contribution in [1.82, 2.24) is 0 Å². The molecule has 0 fully saturated rings. The minimum absolute atomic E-state index is 0.465. The quantitative estimate of drug-likeness (QED) is 0.461. The van der Waals surface area contributed by atoms with Crippen molar-refractivity contribution in [1.29, 1.82) is 0 Å². The molecule has 4 heteroatoms. The zero-order valence-corrected chi connectivity index (χ0v) is 6.18. The van der Waals surface area contributed by atoms with Crippen LogP contribution in [-0.4, -0.2) is 34.5 Å². The van der Waals surface area contributed by atoms with Crippen LogP contribution in [0.1, 0.15) is 0 Å². The zero-order chi connectivity index (χ0) is 8.72. The fourth-order valence-corrected chi connectivity index (χ4v) is 1.36. The van der Waals surface area contributed by atoms with Crippen LogP contribution in [0.15, 0.2) is 23.8 Å². The average molecular weight is 168 g/mol. The van der Waals surface area contributed by atoms with Crippen LogP contribution in [0.25, 0.3) is 0 Å². The van der Waals surface area contributed by atoms with E-state index in [0.29, 0.717) is 5.57 Å². The van der Waals surface area contributed by atoms with E-state index in [1.54, 1.807) is 6.08 Å². The number of aliphatic hydroxyl groups is 2. The van der Waals surface area contributed by atoms with Gasteiger partial charge in [0, 0.05) is 11.6 Å². The van der Waals surface area contributed by atoms with Crippen molar-refractivity contribution in [3.05, 3.63) is 23.8 Å². The van der Waals surface area contributed by atoms with Crippen LogP contribution in [0.3, 0.4) is 0 Å². The monoisotopic (exact) mass is 168 g/mol. The molecular formula is C8H8O4. The predicted molar refractivity (Wildman–Crippen MR) is 39.1 cm³/mol. The molecule has 2 aliphatic rings. The third kappa shape index (κ3) is 0.964. The first kappa shape index (κ1) is 7.52. The van der Waals surface area contributed by atoms with Gasteiger partial charge >= 0.3 is 5.97 Å². The third-order valence-corrected chi connectivity index (χ3v) is 2.00. The summed E-state index contributed by atoms with van der Waals surface area (Å²) in [6.45, 7) is 0. The molecule has 1 aliphatic heterocycles. The molecule has 1 heterocycles. The number of carbonyl (C=O) groups excluding carboxylic acids is 1. The smallest absolute Gasteiger partial charge is 0.331 e. The molecule has 3 atom stereocenters. The van der Waals surface area contributed by atoms with Gasteiger partial charge in [0.25, 0.3) is 0 Å². The molecular weight excluding hydrogens is 160 g/mol. The Balaban J connectivity index is 2.32. The largest absolute Gasteiger partial charge is 0.451 e. The minimum atomic E-state index is -1.03. The van der Waals surface area contributed by atoms with E-state index in [1.807, 2.05) is 0 Å². The summed E-state index contributed by atoms with van der Waals surface area (Å²) in [7, 11) is 0. The molecule has 4 nitrogen and oxygen atoms in total. The molecule has 2 N–H and O–H groups in total. The van der Waals surface area contributed by atoms with Gasteiger partial charge in [0.05, 0.1) is 0 Å². The number of esters is 1. The zero-order valence-electron chi connectivity index (χ0n) is 6.18. The Labute approximate surface area is 68.8 Å². The van der Waals surface area contributed by atoms with Gasteiger partial charge in [0.1, 0.15) is 12.2 Å².